The number of aromatic nitrogens is 3. The molecule has 4 rings (SSSR count). The molecule has 2 aliphatic carbocycles. The first-order valence-corrected chi connectivity index (χ1v) is 10.1. The summed E-state index contributed by atoms with van der Waals surface area (Å²) in [4.78, 5) is 12.2. The molecule has 1 heterocycles. The standard InChI is InChI=1S/C19H24N4OS/c1-13(15-7-8-15)20-17(24)12-25-19-22-21-18(16-9-10-16)23(19)11-14-5-3-2-4-6-14/h2-6,13,15-16H,7-12H2,1H3,(H,20,24)/t13-/m1/s1. The Balaban J connectivity index is 1.42. The average molecular weight is 356 g/mol. The van der Waals surface area contributed by atoms with Gasteiger partial charge in [0.15, 0.2) is 5.16 Å². The fourth-order valence-electron chi connectivity index (χ4n) is 3.10. The zero-order valence-electron chi connectivity index (χ0n) is 14.5. The molecule has 2 saturated carbocycles. The Morgan fingerprint density at radius 3 is 2.68 bits per heavy atom. The van der Waals surface area contributed by atoms with Gasteiger partial charge in [-0.15, -0.1) is 10.2 Å². The van der Waals surface area contributed by atoms with Crippen LogP contribution in [0.2, 0.25) is 0 Å². The van der Waals surface area contributed by atoms with Crippen LogP contribution in [0.15, 0.2) is 35.5 Å². The van der Waals surface area contributed by atoms with Crippen LogP contribution in [0, 0.1) is 5.92 Å². The summed E-state index contributed by atoms with van der Waals surface area (Å²) in [6.07, 6.45) is 4.86. The topological polar surface area (TPSA) is 59.8 Å². The minimum atomic E-state index is 0.0895. The van der Waals surface area contributed by atoms with Crippen molar-refractivity contribution in [2.75, 3.05) is 5.75 Å². The molecular formula is C19H24N4OS. The van der Waals surface area contributed by atoms with Crippen LogP contribution >= 0.6 is 11.8 Å². The molecule has 0 aliphatic heterocycles. The van der Waals surface area contributed by atoms with Gasteiger partial charge in [-0.2, -0.15) is 0 Å². The molecule has 0 bridgehead atoms. The van der Waals surface area contributed by atoms with Gasteiger partial charge in [0.1, 0.15) is 5.82 Å². The molecule has 2 fully saturated rings. The number of thioether (sulfide) groups is 1. The lowest BCUT2D eigenvalue weighted by atomic mass is 10.2. The van der Waals surface area contributed by atoms with Gasteiger partial charge in [-0.1, -0.05) is 42.1 Å². The van der Waals surface area contributed by atoms with Crippen LogP contribution in [0.1, 0.15) is 49.9 Å². The number of rotatable bonds is 8. The molecule has 0 radical (unpaired) electrons. The Hall–Kier alpha value is -1.82. The molecule has 1 amide bonds. The molecule has 1 aromatic heterocycles. The summed E-state index contributed by atoms with van der Waals surface area (Å²) in [6.45, 7) is 2.87. The van der Waals surface area contributed by atoms with Crippen molar-refractivity contribution in [3.63, 3.8) is 0 Å². The molecule has 1 atom stereocenters. The number of nitrogens with one attached hydrogen (secondary N) is 1. The summed E-state index contributed by atoms with van der Waals surface area (Å²) in [5, 5.41) is 12.7. The third-order valence-corrected chi connectivity index (χ3v) is 5.89. The first kappa shape index (κ1) is 16.6. The molecule has 25 heavy (non-hydrogen) atoms. The van der Waals surface area contributed by atoms with Crippen molar-refractivity contribution in [2.24, 2.45) is 5.92 Å². The second kappa shape index (κ2) is 7.20. The average Bonchev–Trinajstić information content (AvgIpc) is 3.52. The highest BCUT2D eigenvalue weighted by molar-refractivity contribution is 7.99. The number of hydrogen-bond donors (Lipinski definition) is 1. The number of hydrogen-bond acceptors (Lipinski definition) is 4. The quantitative estimate of drug-likeness (QED) is 0.738. The molecule has 0 spiro atoms. The number of benzene rings is 1. The summed E-state index contributed by atoms with van der Waals surface area (Å²) in [6, 6.07) is 10.7. The van der Waals surface area contributed by atoms with Gasteiger partial charge >= 0.3 is 0 Å². The van der Waals surface area contributed by atoms with Gasteiger partial charge in [0.2, 0.25) is 5.91 Å². The fourth-order valence-corrected chi connectivity index (χ4v) is 3.86. The predicted octanol–water partition coefficient (Wildman–Crippen LogP) is 3.21. The third kappa shape index (κ3) is 4.24. The molecule has 1 N–H and O–H groups in total. The normalized spacial score (nSPS) is 18.1. The zero-order chi connectivity index (χ0) is 17.2. The molecule has 2 aromatic rings. The molecule has 5 nitrogen and oxygen atoms in total. The van der Waals surface area contributed by atoms with Gasteiger partial charge < -0.3 is 9.88 Å². The summed E-state index contributed by atoms with van der Waals surface area (Å²) in [5.74, 6) is 2.77. The summed E-state index contributed by atoms with van der Waals surface area (Å²) in [5.41, 5.74) is 1.23. The van der Waals surface area contributed by atoms with E-state index in [1.54, 1.807) is 0 Å². The van der Waals surface area contributed by atoms with E-state index in [1.165, 1.54) is 43.0 Å². The van der Waals surface area contributed by atoms with Crippen molar-refractivity contribution < 1.29 is 4.79 Å². The fraction of sp³-hybridized carbons (Fsp3) is 0.526. The van der Waals surface area contributed by atoms with Crippen LogP contribution in [0.3, 0.4) is 0 Å². The van der Waals surface area contributed by atoms with Crippen molar-refractivity contribution >= 4 is 17.7 Å². The lowest BCUT2D eigenvalue weighted by Crippen LogP contribution is -2.35. The maximum atomic E-state index is 12.2. The monoisotopic (exact) mass is 356 g/mol. The summed E-state index contributed by atoms with van der Waals surface area (Å²) < 4.78 is 2.19. The molecular weight excluding hydrogens is 332 g/mol. The van der Waals surface area contributed by atoms with Gasteiger partial charge in [0, 0.05) is 12.0 Å². The van der Waals surface area contributed by atoms with Crippen molar-refractivity contribution in [1.29, 1.82) is 0 Å². The molecule has 1 aromatic carbocycles. The van der Waals surface area contributed by atoms with E-state index in [1.807, 2.05) is 6.07 Å². The highest BCUT2D eigenvalue weighted by Gasteiger charge is 2.31. The van der Waals surface area contributed by atoms with E-state index in [2.05, 4.69) is 51.3 Å². The number of amides is 1. The zero-order valence-corrected chi connectivity index (χ0v) is 15.3. The van der Waals surface area contributed by atoms with Gasteiger partial charge in [-0.05, 0) is 44.1 Å². The maximum absolute atomic E-state index is 12.2. The van der Waals surface area contributed by atoms with E-state index < -0.39 is 0 Å². The van der Waals surface area contributed by atoms with Crippen LogP contribution in [0.5, 0.6) is 0 Å². The van der Waals surface area contributed by atoms with Crippen LogP contribution in [-0.2, 0) is 11.3 Å². The molecule has 132 valence electrons. The Labute approximate surface area is 152 Å². The van der Waals surface area contributed by atoms with E-state index >= 15 is 0 Å². The van der Waals surface area contributed by atoms with Crippen molar-refractivity contribution in [1.82, 2.24) is 20.1 Å². The van der Waals surface area contributed by atoms with Crippen molar-refractivity contribution in [3.05, 3.63) is 41.7 Å². The van der Waals surface area contributed by atoms with E-state index in [0.717, 1.165) is 17.5 Å². The largest absolute Gasteiger partial charge is 0.353 e. The van der Waals surface area contributed by atoms with Gasteiger partial charge in [0.05, 0.1) is 12.3 Å². The number of carbonyl (C=O) groups excluding carboxylic acids is 1. The van der Waals surface area contributed by atoms with Gasteiger partial charge in [-0.3, -0.25) is 4.79 Å². The molecule has 6 heteroatoms. The Kier molecular flexibility index (Phi) is 4.79. The SMILES string of the molecule is C[C@@H](NC(=O)CSc1nnc(C2CC2)n1Cc1ccccc1)C1CC1. The van der Waals surface area contributed by atoms with Gasteiger partial charge in [-0.25, -0.2) is 0 Å². The summed E-state index contributed by atoms with van der Waals surface area (Å²) >= 11 is 1.49. The number of nitrogens with zero attached hydrogens (tertiary/aromatic N) is 3. The third-order valence-electron chi connectivity index (χ3n) is 4.92. The highest BCUT2D eigenvalue weighted by atomic mass is 32.2. The molecule has 0 unspecified atom stereocenters. The first-order chi connectivity index (χ1) is 12.2. The van der Waals surface area contributed by atoms with Crippen LogP contribution < -0.4 is 5.32 Å². The second-order valence-electron chi connectivity index (χ2n) is 7.17. The smallest absolute Gasteiger partial charge is 0.230 e. The highest BCUT2D eigenvalue weighted by Crippen LogP contribution is 2.40. The Morgan fingerprint density at radius 2 is 2.00 bits per heavy atom. The van der Waals surface area contributed by atoms with E-state index in [-0.39, 0.29) is 11.9 Å². The lowest BCUT2D eigenvalue weighted by molar-refractivity contribution is -0.119. The lowest BCUT2D eigenvalue weighted by Gasteiger charge is -2.13. The van der Waals surface area contributed by atoms with Crippen LogP contribution in [-0.4, -0.2) is 32.5 Å². The second-order valence-corrected chi connectivity index (χ2v) is 8.11. The van der Waals surface area contributed by atoms with E-state index in [0.29, 0.717) is 17.6 Å². The minimum Gasteiger partial charge on any atom is -0.353 e. The van der Waals surface area contributed by atoms with E-state index in [4.69, 9.17) is 0 Å². The van der Waals surface area contributed by atoms with Crippen LogP contribution in [0.25, 0.3) is 0 Å². The number of carbonyl (C=O) groups is 1. The maximum Gasteiger partial charge on any atom is 0.230 e. The molecule has 2 aliphatic rings. The summed E-state index contributed by atoms with van der Waals surface area (Å²) in [7, 11) is 0. The Morgan fingerprint density at radius 1 is 1.24 bits per heavy atom. The van der Waals surface area contributed by atoms with Crippen LogP contribution in [0.4, 0.5) is 0 Å². The van der Waals surface area contributed by atoms with Crippen molar-refractivity contribution in [3.8, 4) is 0 Å². The van der Waals surface area contributed by atoms with Crippen molar-refractivity contribution in [2.45, 2.75) is 56.3 Å². The predicted molar refractivity (Wildman–Crippen MR) is 98.6 cm³/mol. The minimum absolute atomic E-state index is 0.0895. The first-order valence-electron chi connectivity index (χ1n) is 9.10. The Bertz CT molecular complexity index is 737. The molecule has 0 saturated heterocycles. The van der Waals surface area contributed by atoms with E-state index in [9.17, 15) is 4.79 Å². The van der Waals surface area contributed by atoms with Gasteiger partial charge in [0.25, 0.3) is 0 Å².